The molecule has 3 aromatic carbocycles. The Hall–Kier alpha value is -4.06. The van der Waals surface area contributed by atoms with E-state index in [0.29, 0.717) is 11.3 Å². The average Bonchev–Trinajstić information content (AvgIpc) is 2.74. The van der Waals surface area contributed by atoms with E-state index in [0.717, 1.165) is 11.3 Å². The van der Waals surface area contributed by atoms with Crippen LogP contribution < -0.4 is 15.5 Å². The number of hydrogen-bond donors (Lipinski definition) is 3. The Morgan fingerprint density at radius 2 is 1.60 bits per heavy atom. The summed E-state index contributed by atoms with van der Waals surface area (Å²) in [5.41, 5.74) is 2.73. The summed E-state index contributed by atoms with van der Waals surface area (Å²) >= 11 is 0. The first-order valence-corrected chi connectivity index (χ1v) is 9.38. The maximum atomic E-state index is 12.9. The fourth-order valence-electron chi connectivity index (χ4n) is 2.76. The van der Waals surface area contributed by atoms with Crippen molar-refractivity contribution >= 4 is 29.3 Å². The molecule has 0 bridgehead atoms. The van der Waals surface area contributed by atoms with Gasteiger partial charge >= 0.3 is 0 Å². The molecule has 152 valence electrons. The van der Waals surface area contributed by atoms with Gasteiger partial charge in [-0.05, 0) is 48.0 Å². The van der Waals surface area contributed by atoms with Crippen LogP contribution in [0.25, 0.3) is 6.08 Å². The topological polar surface area (TPSA) is 81.7 Å². The van der Waals surface area contributed by atoms with Gasteiger partial charge in [0.05, 0.1) is 0 Å². The molecule has 6 heteroatoms. The SMILES string of the molecule is CN(C)c1ccc(C=C(NC(=O)c2ccccc2)C(=O)Nc2cccc(O)c2)cc1. The van der Waals surface area contributed by atoms with Crippen LogP contribution in [0, 0.1) is 0 Å². The van der Waals surface area contributed by atoms with Crippen molar-refractivity contribution < 1.29 is 14.7 Å². The van der Waals surface area contributed by atoms with Gasteiger partial charge in [0.2, 0.25) is 0 Å². The van der Waals surface area contributed by atoms with E-state index in [1.54, 1.807) is 42.5 Å². The fourth-order valence-corrected chi connectivity index (χ4v) is 2.76. The molecule has 0 fully saturated rings. The second-order valence-corrected chi connectivity index (χ2v) is 6.87. The van der Waals surface area contributed by atoms with Crippen LogP contribution in [0.1, 0.15) is 15.9 Å². The number of nitrogens with zero attached hydrogens (tertiary/aromatic N) is 1. The molecule has 0 aliphatic heterocycles. The number of phenols is 1. The van der Waals surface area contributed by atoms with Gasteiger partial charge in [-0.1, -0.05) is 36.4 Å². The number of anilines is 2. The van der Waals surface area contributed by atoms with Crippen LogP contribution in [0.15, 0.2) is 84.6 Å². The predicted octanol–water partition coefficient (Wildman–Crippen LogP) is 3.87. The first kappa shape index (κ1) is 20.7. The number of amides is 2. The number of rotatable bonds is 6. The van der Waals surface area contributed by atoms with E-state index in [1.807, 2.05) is 49.3 Å². The van der Waals surface area contributed by atoms with E-state index < -0.39 is 11.8 Å². The molecule has 6 nitrogen and oxygen atoms in total. The van der Waals surface area contributed by atoms with Crippen LogP contribution in [0.4, 0.5) is 11.4 Å². The largest absolute Gasteiger partial charge is 0.508 e. The van der Waals surface area contributed by atoms with E-state index in [4.69, 9.17) is 0 Å². The molecule has 0 saturated carbocycles. The Labute approximate surface area is 175 Å². The number of nitrogens with one attached hydrogen (secondary N) is 2. The van der Waals surface area contributed by atoms with Gasteiger partial charge in [0, 0.05) is 37.1 Å². The molecule has 0 unspecified atom stereocenters. The summed E-state index contributed by atoms with van der Waals surface area (Å²) in [6.45, 7) is 0. The Balaban J connectivity index is 1.88. The lowest BCUT2D eigenvalue weighted by Crippen LogP contribution is -2.30. The van der Waals surface area contributed by atoms with Gasteiger partial charge in [-0.15, -0.1) is 0 Å². The van der Waals surface area contributed by atoms with Gasteiger partial charge in [-0.25, -0.2) is 0 Å². The lowest BCUT2D eigenvalue weighted by molar-refractivity contribution is -0.113. The van der Waals surface area contributed by atoms with Crippen molar-refractivity contribution in [1.82, 2.24) is 5.32 Å². The number of phenolic OH excluding ortho intramolecular Hbond substituents is 1. The molecule has 0 spiro atoms. The first-order chi connectivity index (χ1) is 14.4. The maximum Gasteiger partial charge on any atom is 0.272 e. The lowest BCUT2D eigenvalue weighted by Gasteiger charge is -2.13. The summed E-state index contributed by atoms with van der Waals surface area (Å²) < 4.78 is 0. The number of benzene rings is 3. The molecule has 2 amide bonds. The van der Waals surface area contributed by atoms with Crippen molar-refractivity contribution in [2.24, 2.45) is 0 Å². The molecule has 3 aromatic rings. The van der Waals surface area contributed by atoms with Crippen LogP contribution in [-0.2, 0) is 4.79 Å². The molecule has 3 N–H and O–H groups in total. The molecule has 0 aliphatic rings. The smallest absolute Gasteiger partial charge is 0.272 e. The predicted molar refractivity (Wildman–Crippen MR) is 119 cm³/mol. The Kier molecular flexibility index (Phi) is 6.49. The van der Waals surface area contributed by atoms with E-state index in [2.05, 4.69) is 10.6 Å². The van der Waals surface area contributed by atoms with Crippen LogP contribution in [-0.4, -0.2) is 31.0 Å². The summed E-state index contributed by atoms with van der Waals surface area (Å²) in [6, 6.07) is 22.5. The Morgan fingerprint density at radius 1 is 0.900 bits per heavy atom. The zero-order valence-electron chi connectivity index (χ0n) is 16.8. The second kappa shape index (κ2) is 9.43. The molecular weight excluding hydrogens is 378 g/mol. The molecule has 0 aliphatic carbocycles. The highest BCUT2D eigenvalue weighted by Gasteiger charge is 2.15. The molecule has 0 aromatic heterocycles. The van der Waals surface area contributed by atoms with Crippen molar-refractivity contribution in [3.05, 3.63) is 95.7 Å². The summed E-state index contributed by atoms with van der Waals surface area (Å²) in [5, 5.41) is 15.0. The minimum Gasteiger partial charge on any atom is -0.508 e. The molecular formula is C24H23N3O3. The van der Waals surface area contributed by atoms with E-state index in [9.17, 15) is 14.7 Å². The molecule has 0 atom stereocenters. The molecule has 0 heterocycles. The Bertz CT molecular complexity index is 1060. The highest BCUT2D eigenvalue weighted by molar-refractivity contribution is 6.10. The van der Waals surface area contributed by atoms with Gasteiger partial charge in [-0.3, -0.25) is 9.59 Å². The third-order valence-corrected chi connectivity index (χ3v) is 4.35. The molecule has 0 radical (unpaired) electrons. The normalized spacial score (nSPS) is 10.9. The molecule has 0 saturated heterocycles. The second-order valence-electron chi connectivity index (χ2n) is 6.87. The average molecular weight is 401 g/mol. The van der Waals surface area contributed by atoms with Crippen molar-refractivity contribution in [3.63, 3.8) is 0 Å². The van der Waals surface area contributed by atoms with Crippen LogP contribution in [0.2, 0.25) is 0 Å². The van der Waals surface area contributed by atoms with E-state index >= 15 is 0 Å². The third kappa shape index (κ3) is 5.48. The van der Waals surface area contributed by atoms with Crippen molar-refractivity contribution in [2.75, 3.05) is 24.3 Å². The standard InChI is InChI=1S/C24H23N3O3/c1-27(2)20-13-11-17(12-14-20)15-22(26-23(29)18-7-4-3-5-8-18)24(30)25-19-9-6-10-21(28)16-19/h3-16,28H,1-2H3,(H,25,30)(H,26,29). The number of carbonyl (C=O) groups excluding carboxylic acids is 2. The van der Waals surface area contributed by atoms with Gasteiger partial charge in [0.1, 0.15) is 11.4 Å². The summed E-state index contributed by atoms with van der Waals surface area (Å²) in [7, 11) is 3.89. The first-order valence-electron chi connectivity index (χ1n) is 9.38. The van der Waals surface area contributed by atoms with Gasteiger partial charge in [0.15, 0.2) is 0 Å². The minimum atomic E-state index is -0.499. The monoisotopic (exact) mass is 401 g/mol. The third-order valence-electron chi connectivity index (χ3n) is 4.35. The highest BCUT2D eigenvalue weighted by Crippen LogP contribution is 2.18. The maximum absolute atomic E-state index is 12.9. The van der Waals surface area contributed by atoms with Crippen LogP contribution >= 0.6 is 0 Å². The zero-order valence-corrected chi connectivity index (χ0v) is 16.8. The summed E-state index contributed by atoms with van der Waals surface area (Å²) in [5.74, 6) is -0.856. The van der Waals surface area contributed by atoms with Crippen molar-refractivity contribution in [3.8, 4) is 5.75 Å². The van der Waals surface area contributed by atoms with Crippen LogP contribution in [0.3, 0.4) is 0 Å². The van der Waals surface area contributed by atoms with Crippen molar-refractivity contribution in [2.45, 2.75) is 0 Å². The molecule has 3 rings (SSSR count). The van der Waals surface area contributed by atoms with Gasteiger partial charge in [-0.2, -0.15) is 0 Å². The van der Waals surface area contributed by atoms with Gasteiger partial charge < -0.3 is 20.6 Å². The van der Waals surface area contributed by atoms with Crippen molar-refractivity contribution in [1.29, 1.82) is 0 Å². The summed E-state index contributed by atoms with van der Waals surface area (Å²) in [6.07, 6.45) is 1.61. The molecule has 30 heavy (non-hydrogen) atoms. The Morgan fingerprint density at radius 3 is 2.23 bits per heavy atom. The zero-order chi connectivity index (χ0) is 21.5. The summed E-state index contributed by atoms with van der Waals surface area (Å²) in [4.78, 5) is 27.5. The number of carbonyl (C=O) groups is 2. The quantitative estimate of drug-likeness (QED) is 0.548. The fraction of sp³-hybridized carbons (Fsp3) is 0.0833. The van der Waals surface area contributed by atoms with Gasteiger partial charge in [0.25, 0.3) is 11.8 Å². The number of hydrogen-bond acceptors (Lipinski definition) is 4. The van der Waals surface area contributed by atoms with E-state index in [1.165, 1.54) is 12.1 Å². The van der Waals surface area contributed by atoms with Crippen LogP contribution in [0.5, 0.6) is 5.75 Å². The van der Waals surface area contributed by atoms with E-state index in [-0.39, 0.29) is 11.4 Å². The lowest BCUT2D eigenvalue weighted by atomic mass is 10.1. The minimum absolute atomic E-state index is 0.0333. The number of aromatic hydroxyl groups is 1. The highest BCUT2D eigenvalue weighted by atomic mass is 16.3.